The molecule has 0 aliphatic carbocycles. The molecule has 0 bridgehead atoms. The number of hydrogen-bond donors (Lipinski definition) is 1. The van der Waals surface area contributed by atoms with E-state index in [1.807, 2.05) is 12.1 Å². The predicted molar refractivity (Wildman–Crippen MR) is 98.0 cm³/mol. The van der Waals surface area contributed by atoms with Gasteiger partial charge in [0.05, 0.1) is 24.7 Å². The van der Waals surface area contributed by atoms with E-state index in [9.17, 15) is 14.0 Å². The molecule has 0 spiro atoms. The molecule has 7 heteroatoms. The third kappa shape index (κ3) is 4.58. The number of nitrogens with zero attached hydrogens (tertiary/aromatic N) is 1. The van der Waals surface area contributed by atoms with Crippen LogP contribution >= 0.6 is 0 Å². The van der Waals surface area contributed by atoms with Crippen molar-refractivity contribution in [3.8, 4) is 5.75 Å². The quantitative estimate of drug-likeness (QED) is 0.677. The largest absolute Gasteiger partial charge is 0.494 e. The summed E-state index contributed by atoms with van der Waals surface area (Å²) in [4.78, 5) is 28.2. The standard InChI is InChI=1S/C20H17FN2O4/c1-26-18-8-7-13(10-15(18)21)11-20(25)27-12-19(24)23-17-6-2-5-16-14(17)4-3-9-22-16/h2-10H,11-12H2,1H3,(H,23,24). The molecule has 0 unspecified atom stereocenters. The van der Waals surface area contributed by atoms with Gasteiger partial charge in [-0.15, -0.1) is 0 Å². The van der Waals surface area contributed by atoms with Gasteiger partial charge in [-0.05, 0) is 42.0 Å². The Bertz CT molecular complexity index is 985. The molecule has 1 aromatic heterocycles. The second-order valence-corrected chi connectivity index (χ2v) is 5.73. The van der Waals surface area contributed by atoms with Crippen molar-refractivity contribution in [3.63, 3.8) is 0 Å². The lowest BCUT2D eigenvalue weighted by Crippen LogP contribution is -2.21. The maximum absolute atomic E-state index is 13.6. The van der Waals surface area contributed by atoms with Gasteiger partial charge in [-0.25, -0.2) is 4.39 Å². The Labute approximate surface area is 154 Å². The fraction of sp³-hybridized carbons (Fsp3) is 0.150. The minimum Gasteiger partial charge on any atom is -0.494 e. The van der Waals surface area contributed by atoms with Crippen LogP contribution in [0.4, 0.5) is 10.1 Å². The lowest BCUT2D eigenvalue weighted by atomic mass is 10.1. The van der Waals surface area contributed by atoms with Crippen LogP contribution in [0.15, 0.2) is 54.7 Å². The highest BCUT2D eigenvalue weighted by Gasteiger charge is 2.12. The van der Waals surface area contributed by atoms with Crippen LogP contribution in [0.5, 0.6) is 5.75 Å². The maximum atomic E-state index is 13.6. The summed E-state index contributed by atoms with van der Waals surface area (Å²) in [7, 11) is 1.36. The number of benzene rings is 2. The molecule has 3 aromatic rings. The molecule has 1 N–H and O–H groups in total. The third-order valence-electron chi connectivity index (χ3n) is 3.85. The predicted octanol–water partition coefficient (Wildman–Crippen LogP) is 3.11. The summed E-state index contributed by atoms with van der Waals surface area (Å²) in [6, 6.07) is 13.1. The Kier molecular flexibility index (Phi) is 5.61. The second kappa shape index (κ2) is 8.27. The summed E-state index contributed by atoms with van der Waals surface area (Å²) >= 11 is 0. The van der Waals surface area contributed by atoms with Gasteiger partial charge in [0.25, 0.3) is 5.91 Å². The third-order valence-corrected chi connectivity index (χ3v) is 3.85. The minimum atomic E-state index is -0.630. The molecule has 27 heavy (non-hydrogen) atoms. The van der Waals surface area contributed by atoms with Crippen LogP contribution in [0, 0.1) is 5.82 Å². The van der Waals surface area contributed by atoms with Gasteiger partial charge in [0.15, 0.2) is 18.2 Å². The number of fused-ring (bicyclic) bond motifs is 1. The van der Waals surface area contributed by atoms with Crippen molar-refractivity contribution in [1.29, 1.82) is 0 Å². The fourth-order valence-corrected chi connectivity index (χ4v) is 2.58. The average molecular weight is 368 g/mol. The highest BCUT2D eigenvalue weighted by Crippen LogP contribution is 2.21. The molecule has 6 nitrogen and oxygen atoms in total. The molecular weight excluding hydrogens is 351 g/mol. The zero-order chi connectivity index (χ0) is 19.2. The Balaban J connectivity index is 1.55. The number of halogens is 1. The van der Waals surface area contributed by atoms with Gasteiger partial charge in [-0.2, -0.15) is 0 Å². The minimum absolute atomic E-state index is 0.0936. The number of anilines is 1. The zero-order valence-corrected chi connectivity index (χ0v) is 14.6. The van der Waals surface area contributed by atoms with Crippen molar-refractivity contribution in [1.82, 2.24) is 4.98 Å². The summed E-state index contributed by atoms with van der Waals surface area (Å²) in [5.74, 6) is -1.57. The monoisotopic (exact) mass is 368 g/mol. The van der Waals surface area contributed by atoms with Crippen molar-refractivity contribution in [2.24, 2.45) is 0 Å². The van der Waals surface area contributed by atoms with Gasteiger partial charge >= 0.3 is 5.97 Å². The Hall–Kier alpha value is -3.48. The van der Waals surface area contributed by atoms with Crippen LogP contribution in [-0.4, -0.2) is 30.6 Å². The molecule has 0 saturated carbocycles. The molecule has 2 aromatic carbocycles. The zero-order valence-electron chi connectivity index (χ0n) is 14.6. The van der Waals surface area contributed by atoms with Crippen LogP contribution in [0.2, 0.25) is 0 Å². The highest BCUT2D eigenvalue weighted by atomic mass is 19.1. The van der Waals surface area contributed by atoms with Crippen molar-refractivity contribution >= 4 is 28.5 Å². The van der Waals surface area contributed by atoms with E-state index < -0.39 is 24.3 Å². The SMILES string of the molecule is COc1ccc(CC(=O)OCC(=O)Nc2cccc3ncccc23)cc1F. The molecule has 1 heterocycles. The van der Waals surface area contributed by atoms with Gasteiger partial charge in [-0.1, -0.05) is 12.1 Å². The first kappa shape index (κ1) is 18.3. The molecule has 138 valence electrons. The van der Waals surface area contributed by atoms with Crippen molar-refractivity contribution in [3.05, 3.63) is 66.1 Å². The van der Waals surface area contributed by atoms with Crippen molar-refractivity contribution in [2.45, 2.75) is 6.42 Å². The molecule has 0 radical (unpaired) electrons. The van der Waals surface area contributed by atoms with Gasteiger partial charge in [0.1, 0.15) is 0 Å². The van der Waals surface area contributed by atoms with E-state index in [-0.39, 0.29) is 12.2 Å². The molecular formula is C20H17FN2O4. The second-order valence-electron chi connectivity index (χ2n) is 5.73. The Morgan fingerprint density at radius 1 is 1.15 bits per heavy atom. The van der Waals surface area contributed by atoms with Crippen LogP contribution < -0.4 is 10.1 Å². The molecule has 0 atom stereocenters. The van der Waals surface area contributed by atoms with E-state index in [4.69, 9.17) is 9.47 Å². The number of hydrogen-bond acceptors (Lipinski definition) is 5. The van der Waals surface area contributed by atoms with Gasteiger partial charge in [0, 0.05) is 11.6 Å². The average Bonchev–Trinajstić information content (AvgIpc) is 2.67. The number of carbonyl (C=O) groups excluding carboxylic acids is 2. The van der Waals surface area contributed by atoms with Crippen LogP contribution in [0.25, 0.3) is 10.9 Å². The lowest BCUT2D eigenvalue weighted by molar-refractivity contribution is -0.146. The number of pyridine rings is 1. The topological polar surface area (TPSA) is 77.5 Å². The van der Waals surface area contributed by atoms with Crippen molar-refractivity contribution in [2.75, 3.05) is 19.0 Å². The van der Waals surface area contributed by atoms with Crippen LogP contribution in [0.3, 0.4) is 0 Å². The smallest absolute Gasteiger partial charge is 0.310 e. The van der Waals surface area contributed by atoms with E-state index in [0.29, 0.717) is 11.3 Å². The lowest BCUT2D eigenvalue weighted by Gasteiger charge is -2.09. The normalized spacial score (nSPS) is 10.4. The number of esters is 1. The van der Waals surface area contributed by atoms with Gasteiger partial charge in [-0.3, -0.25) is 14.6 Å². The van der Waals surface area contributed by atoms with Gasteiger partial charge < -0.3 is 14.8 Å². The molecule has 1 amide bonds. The number of amides is 1. The Morgan fingerprint density at radius 2 is 2.00 bits per heavy atom. The molecule has 0 fully saturated rings. The molecule has 0 aliphatic heterocycles. The summed E-state index contributed by atoms with van der Waals surface area (Å²) < 4.78 is 23.4. The number of aromatic nitrogens is 1. The molecule has 0 aliphatic rings. The first-order valence-electron chi connectivity index (χ1n) is 8.18. The summed E-state index contributed by atoms with van der Waals surface area (Å²) in [6.07, 6.45) is 1.52. The van der Waals surface area contributed by atoms with Crippen molar-refractivity contribution < 1.29 is 23.5 Å². The summed E-state index contributed by atoms with van der Waals surface area (Å²) in [5, 5.41) is 3.48. The van der Waals surface area contributed by atoms with E-state index in [2.05, 4.69) is 10.3 Å². The first-order valence-corrected chi connectivity index (χ1v) is 8.18. The number of methoxy groups -OCH3 is 1. The number of ether oxygens (including phenoxy) is 2. The fourth-order valence-electron chi connectivity index (χ4n) is 2.58. The van der Waals surface area contributed by atoms with E-state index >= 15 is 0 Å². The number of rotatable bonds is 6. The van der Waals surface area contributed by atoms with E-state index in [1.165, 1.54) is 19.2 Å². The molecule has 3 rings (SSSR count). The van der Waals surface area contributed by atoms with Gasteiger partial charge in [0.2, 0.25) is 0 Å². The number of carbonyl (C=O) groups is 2. The molecule has 0 saturated heterocycles. The maximum Gasteiger partial charge on any atom is 0.310 e. The van der Waals surface area contributed by atoms with Crippen LogP contribution in [-0.2, 0) is 20.7 Å². The number of nitrogens with one attached hydrogen (secondary N) is 1. The summed E-state index contributed by atoms with van der Waals surface area (Å²) in [5.41, 5.74) is 1.76. The first-order chi connectivity index (χ1) is 13.1. The summed E-state index contributed by atoms with van der Waals surface area (Å²) in [6.45, 7) is -0.436. The highest BCUT2D eigenvalue weighted by molar-refractivity contribution is 6.01. The Morgan fingerprint density at radius 3 is 2.78 bits per heavy atom. The van der Waals surface area contributed by atoms with E-state index in [0.717, 1.165) is 10.9 Å². The van der Waals surface area contributed by atoms with Crippen LogP contribution in [0.1, 0.15) is 5.56 Å². The van der Waals surface area contributed by atoms with E-state index in [1.54, 1.807) is 30.5 Å².